The van der Waals surface area contributed by atoms with Crippen molar-refractivity contribution in [1.29, 1.82) is 0 Å². The van der Waals surface area contributed by atoms with Crippen LogP contribution in [0.25, 0.3) is 0 Å². The largest absolute Gasteiger partial charge is 0.493 e. The van der Waals surface area contributed by atoms with Crippen molar-refractivity contribution in [3.05, 3.63) is 57.1 Å². The first-order chi connectivity index (χ1) is 13.3. The second-order valence-electron chi connectivity index (χ2n) is 6.53. The molecule has 0 spiro atoms. The number of carbonyl (C=O) groups is 1. The third kappa shape index (κ3) is 4.77. The number of hydrogen-bond acceptors (Lipinski definition) is 6. The van der Waals surface area contributed by atoms with Gasteiger partial charge in [-0.25, -0.2) is 0 Å². The number of hydrogen-bond donors (Lipinski definition) is 1. The molecule has 0 aliphatic heterocycles. The molecule has 1 N–H and O–H groups in total. The van der Waals surface area contributed by atoms with Gasteiger partial charge in [-0.1, -0.05) is 18.2 Å². The number of nitrogens with one attached hydrogen (secondary N) is 1. The SMILES string of the molecule is COc1cccc(CN(C)CC(=O)Nc2c([N+](=O)[O-])ccc(C)c2C)c1OC. The van der Waals surface area contributed by atoms with Crippen LogP contribution in [0.5, 0.6) is 11.5 Å². The van der Waals surface area contributed by atoms with Crippen LogP contribution in [-0.2, 0) is 11.3 Å². The molecule has 0 aliphatic carbocycles. The van der Waals surface area contributed by atoms with Crippen molar-refractivity contribution in [3.8, 4) is 11.5 Å². The number of amides is 1. The summed E-state index contributed by atoms with van der Waals surface area (Å²) in [6, 6.07) is 8.62. The molecule has 2 rings (SSSR count). The van der Waals surface area contributed by atoms with Crippen molar-refractivity contribution in [2.45, 2.75) is 20.4 Å². The van der Waals surface area contributed by atoms with Crippen molar-refractivity contribution in [2.24, 2.45) is 0 Å². The summed E-state index contributed by atoms with van der Waals surface area (Å²) in [5.41, 5.74) is 2.54. The topological polar surface area (TPSA) is 93.9 Å². The lowest BCUT2D eigenvalue weighted by atomic mass is 10.1. The first kappa shape index (κ1) is 21.2. The minimum atomic E-state index is -0.493. The van der Waals surface area contributed by atoms with Crippen LogP contribution in [-0.4, -0.2) is 43.5 Å². The highest BCUT2D eigenvalue weighted by atomic mass is 16.6. The lowest BCUT2D eigenvalue weighted by Crippen LogP contribution is -2.30. The summed E-state index contributed by atoms with van der Waals surface area (Å²) < 4.78 is 10.7. The number of nitro benzene ring substituents is 1. The number of aryl methyl sites for hydroxylation is 1. The normalized spacial score (nSPS) is 10.6. The smallest absolute Gasteiger partial charge is 0.293 e. The molecule has 2 aromatic rings. The number of nitro groups is 1. The monoisotopic (exact) mass is 387 g/mol. The summed E-state index contributed by atoms with van der Waals surface area (Å²) in [4.78, 5) is 25.1. The van der Waals surface area contributed by atoms with Gasteiger partial charge in [-0.05, 0) is 38.1 Å². The summed E-state index contributed by atoms with van der Waals surface area (Å²) in [7, 11) is 4.92. The van der Waals surface area contributed by atoms with Gasteiger partial charge < -0.3 is 14.8 Å². The minimum Gasteiger partial charge on any atom is -0.493 e. The van der Waals surface area contributed by atoms with E-state index in [2.05, 4.69) is 5.32 Å². The van der Waals surface area contributed by atoms with Crippen LogP contribution in [0.3, 0.4) is 0 Å². The number of rotatable bonds is 8. The number of methoxy groups -OCH3 is 2. The predicted octanol–water partition coefficient (Wildman–Crippen LogP) is 3.30. The minimum absolute atomic E-state index is 0.0604. The molecule has 0 aromatic heterocycles. The van der Waals surface area contributed by atoms with Gasteiger partial charge in [0.1, 0.15) is 5.69 Å². The van der Waals surface area contributed by atoms with E-state index in [-0.39, 0.29) is 23.8 Å². The van der Waals surface area contributed by atoms with E-state index < -0.39 is 4.92 Å². The highest BCUT2D eigenvalue weighted by Crippen LogP contribution is 2.32. The molecule has 8 heteroatoms. The van der Waals surface area contributed by atoms with Crippen molar-refractivity contribution in [2.75, 3.05) is 33.1 Å². The lowest BCUT2D eigenvalue weighted by Gasteiger charge is -2.19. The summed E-state index contributed by atoms with van der Waals surface area (Å²) in [5, 5.41) is 14.0. The zero-order valence-corrected chi connectivity index (χ0v) is 16.7. The van der Waals surface area contributed by atoms with Gasteiger partial charge in [0, 0.05) is 18.2 Å². The highest BCUT2D eigenvalue weighted by molar-refractivity contribution is 5.95. The molecule has 2 aromatic carbocycles. The Bertz CT molecular complexity index is 882. The maximum Gasteiger partial charge on any atom is 0.293 e. The number of likely N-dealkylation sites (N-methyl/N-ethyl adjacent to an activating group) is 1. The second kappa shape index (κ2) is 9.18. The molecule has 0 radical (unpaired) electrons. The second-order valence-corrected chi connectivity index (χ2v) is 6.53. The molecule has 8 nitrogen and oxygen atoms in total. The number of nitrogens with zero attached hydrogens (tertiary/aromatic N) is 2. The molecule has 28 heavy (non-hydrogen) atoms. The molecule has 0 atom stereocenters. The fourth-order valence-corrected chi connectivity index (χ4v) is 2.96. The maximum absolute atomic E-state index is 12.5. The Kier molecular flexibility index (Phi) is 6.94. The van der Waals surface area contributed by atoms with Gasteiger partial charge in [0.25, 0.3) is 5.69 Å². The van der Waals surface area contributed by atoms with Gasteiger partial charge >= 0.3 is 0 Å². The predicted molar refractivity (Wildman–Crippen MR) is 107 cm³/mol. The molecule has 0 aliphatic rings. The molecule has 0 fully saturated rings. The van der Waals surface area contributed by atoms with E-state index in [1.165, 1.54) is 6.07 Å². The van der Waals surface area contributed by atoms with E-state index in [0.29, 0.717) is 23.6 Å². The zero-order valence-electron chi connectivity index (χ0n) is 16.7. The van der Waals surface area contributed by atoms with Crippen molar-refractivity contribution in [1.82, 2.24) is 4.90 Å². The fourth-order valence-electron chi connectivity index (χ4n) is 2.96. The van der Waals surface area contributed by atoms with Crippen molar-refractivity contribution in [3.63, 3.8) is 0 Å². The van der Waals surface area contributed by atoms with E-state index in [1.807, 2.05) is 19.1 Å². The van der Waals surface area contributed by atoms with E-state index in [9.17, 15) is 14.9 Å². The Morgan fingerprint density at radius 1 is 1.18 bits per heavy atom. The van der Waals surface area contributed by atoms with Crippen molar-refractivity contribution >= 4 is 17.3 Å². The van der Waals surface area contributed by atoms with Crippen LogP contribution in [0, 0.1) is 24.0 Å². The first-order valence-corrected chi connectivity index (χ1v) is 8.71. The molecule has 0 saturated carbocycles. The lowest BCUT2D eigenvalue weighted by molar-refractivity contribution is -0.384. The van der Waals surface area contributed by atoms with Gasteiger partial charge in [-0.2, -0.15) is 0 Å². The first-order valence-electron chi connectivity index (χ1n) is 8.71. The van der Waals surface area contributed by atoms with Gasteiger partial charge in [-0.15, -0.1) is 0 Å². The quantitative estimate of drug-likeness (QED) is 0.552. The number of anilines is 1. The molecule has 0 saturated heterocycles. The molecule has 0 heterocycles. The fraction of sp³-hybridized carbons (Fsp3) is 0.350. The Morgan fingerprint density at radius 2 is 1.89 bits per heavy atom. The average molecular weight is 387 g/mol. The van der Waals surface area contributed by atoms with Crippen molar-refractivity contribution < 1.29 is 19.2 Å². The molecule has 1 amide bonds. The maximum atomic E-state index is 12.5. The van der Waals surface area contributed by atoms with Crippen LogP contribution >= 0.6 is 0 Å². The van der Waals surface area contributed by atoms with Gasteiger partial charge in [0.05, 0.1) is 25.7 Å². The van der Waals surface area contributed by atoms with E-state index >= 15 is 0 Å². The number of benzene rings is 2. The van der Waals surface area contributed by atoms with Gasteiger partial charge in [-0.3, -0.25) is 19.8 Å². The zero-order chi connectivity index (χ0) is 20.8. The summed E-state index contributed by atoms with van der Waals surface area (Å²) in [5.74, 6) is 0.896. The Balaban J connectivity index is 2.13. The van der Waals surface area contributed by atoms with Gasteiger partial charge in [0.2, 0.25) is 5.91 Å². The van der Waals surface area contributed by atoms with Crippen LogP contribution in [0.4, 0.5) is 11.4 Å². The van der Waals surface area contributed by atoms with E-state index in [4.69, 9.17) is 9.47 Å². The summed E-state index contributed by atoms with van der Waals surface area (Å²) >= 11 is 0. The highest BCUT2D eigenvalue weighted by Gasteiger charge is 2.20. The Labute approximate surface area is 164 Å². The van der Waals surface area contributed by atoms with Crippen LogP contribution in [0.15, 0.2) is 30.3 Å². The van der Waals surface area contributed by atoms with Gasteiger partial charge in [0.15, 0.2) is 11.5 Å². The number of carbonyl (C=O) groups excluding carboxylic acids is 1. The van der Waals surface area contributed by atoms with Crippen LogP contribution < -0.4 is 14.8 Å². The number of ether oxygens (including phenoxy) is 2. The molecule has 0 unspecified atom stereocenters. The molecule has 0 bridgehead atoms. The Hall–Kier alpha value is -3.13. The number of para-hydroxylation sites is 1. The van der Waals surface area contributed by atoms with Crippen LogP contribution in [0.1, 0.15) is 16.7 Å². The summed E-state index contributed by atoms with van der Waals surface area (Å²) in [6.07, 6.45) is 0. The van der Waals surface area contributed by atoms with Crippen LogP contribution in [0.2, 0.25) is 0 Å². The molecule has 150 valence electrons. The van der Waals surface area contributed by atoms with E-state index in [1.54, 1.807) is 45.2 Å². The third-order valence-corrected chi connectivity index (χ3v) is 4.51. The molecular formula is C20H25N3O5. The Morgan fingerprint density at radius 3 is 2.50 bits per heavy atom. The molecular weight excluding hydrogens is 362 g/mol. The standard InChI is InChI=1S/C20H25N3O5/c1-13-9-10-16(23(25)26)19(14(13)2)21-18(24)12-22(3)11-15-7-6-8-17(27-4)20(15)28-5/h6-10H,11-12H2,1-5H3,(H,21,24). The summed E-state index contributed by atoms with van der Waals surface area (Å²) in [6.45, 7) is 4.10. The van der Waals surface area contributed by atoms with E-state index in [0.717, 1.165) is 11.1 Å². The third-order valence-electron chi connectivity index (χ3n) is 4.51. The average Bonchev–Trinajstić information content (AvgIpc) is 2.64.